The molecule has 2 rings (SSSR count). The molecule has 1 heterocycles. The molecule has 5 nitrogen and oxygen atoms in total. The van der Waals surface area contributed by atoms with E-state index in [1.54, 1.807) is 6.92 Å². The van der Waals surface area contributed by atoms with E-state index in [0.29, 0.717) is 18.1 Å². The van der Waals surface area contributed by atoms with E-state index in [2.05, 4.69) is 4.98 Å². The lowest BCUT2D eigenvalue weighted by Gasteiger charge is -2.06. The van der Waals surface area contributed by atoms with Gasteiger partial charge in [-0.3, -0.25) is 14.3 Å². The minimum absolute atomic E-state index is 0.215. The summed E-state index contributed by atoms with van der Waals surface area (Å²) in [5.41, 5.74) is -0.232. The molecule has 1 aliphatic rings. The monoisotopic (exact) mass is 210 g/mol. The zero-order valence-corrected chi connectivity index (χ0v) is 8.66. The molecule has 1 N–H and O–H groups in total. The Hall–Kier alpha value is -1.36. The van der Waals surface area contributed by atoms with E-state index in [-0.39, 0.29) is 12.3 Å². The van der Waals surface area contributed by atoms with Crippen LogP contribution in [0.4, 0.5) is 0 Å². The SMILES string of the molecule is Cc1cn(COCC2CC2)c(=O)[nH]c1=O. The molecular formula is C10H14N2O3. The molecule has 0 spiro atoms. The largest absolute Gasteiger partial charge is 0.360 e. The first-order valence-electron chi connectivity index (χ1n) is 5.05. The first kappa shape index (κ1) is 10.2. The maximum atomic E-state index is 11.3. The number of rotatable bonds is 4. The van der Waals surface area contributed by atoms with Gasteiger partial charge in [-0.1, -0.05) is 0 Å². The Bertz CT molecular complexity index is 456. The van der Waals surface area contributed by atoms with Crippen molar-refractivity contribution in [3.63, 3.8) is 0 Å². The zero-order chi connectivity index (χ0) is 10.8. The molecule has 1 aliphatic carbocycles. The van der Waals surface area contributed by atoms with Crippen LogP contribution in [-0.2, 0) is 11.5 Å². The van der Waals surface area contributed by atoms with Crippen molar-refractivity contribution in [2.75, 3.05) is 6.61 Å². The van der Waals surface area contributed by atoms with Crippen LogP contribution in [0.2, 0.25) is 0 Å². The number of ether oxygens (including phenoxy) is 1. The standard InChI is InChI=1S/C10H14N2O3/c1-7-4-12(10(14)11-9(7)13)6-15-5-8-2-3-8/h4,8H,2-3,5-6H2,1H3,(H,11,13,14). The quantitative estimate of drug-likeness (QED) is 0.773. The third-order valence-electron chi connectivity index (χ3n) is 2.47. The molecule has 1 aromatic heterocycles. The van der Waals surface area contributed by atoms with Crippen molar-refractivity contribution in [3.05, 3.63) is 32.6 Å². The Labute approximate surface area is 86.7 Å². The van der Waals surface area contributed by atoms with Crippen LogP contribution in [0.25, 0.3) is 0 Å². The van der Waals surface area contributed by atoms with Gasteiger partial charge < -0.3 is 4.74 Å². The second-order valence-electron chi connectivity index (χ2n) is 3.98. The summed E-state index contributed by atoms with van der Waals surface area (Å²) in [6.07, 6.45) is 3.97. The average molecular weight is 210 g/mol. The molecular weight excluding hydrogens is 196 g/mol. The first-order valence-corrected chi connectivity index (χ1v) is 5.05. The lowest BCUT2D eigenvalue weighted by atomic mass is 10.4. The van der Waals surface area contributed by atoms with Crippen LogP contribution >= 0.6 is 0 Å². The molecule has 0 unspecified atom stereocenters. The molecule has 5 heteroatoms. The predicted molar refractivity (Wildman–Crippen MR) is 54.7 cm³/mol. The lowest BCUT2D eigenvalue weighted by molar-refractivity contribution is 0.0657. The third kappa shape index (κ3) is 2.56. The summed E-state index contributed by atoms with van der Waals surface area (Å²) in [5.74, 6) is 0.671. The molecule has 82 valence electrons. The fourth-order valence-corrected chi connectivity index (χ4v) is 1.32. The van der Waals surface area contributed by atoms with E-state index in [4.69, 9.17) is 4.74 Å². The fourth-order valence-electron chi connectivity index (χ4n) is 1.32. The predicted octanol–water partition coefficient (Wildman–Crippen LogP) is 0.229. The normalized spacial score (nSPS) is 15.5. The van der Waals surface area contributed by atoms with Crippen molar-refractivity contribution in [1.82, 2.24) is 9.55 Å². The van der Waals surface area contributed by atoms with Gasteiger partial charge in [0.2, 0.25) is 0 Å². The number of hydrogen-bond donors (Lipinski definition) is 1. The van der Waals surface area contributed by atoms with Gasteiger partial charge in [0.05, 0.1) is 6.61 Å². The van der Waals surface area contributed by atoms with E-state index in [0.717, 1.165) is 0 Å². The molecule has 1 saturated carbocycles. The summed E-state index contributed by atoms with van der Waals surface area (Å²) in [7, 11) is 0. The highest BCUT2D eigenvalue weighted by Crippen LogP contribution is 2.28. The first-order chi connectivity index (χ1) is 7.16. The summed E-state index contributed by atoms with van der Waals surface area (Å²) < 4.78 is 6.73. The van der Waals surface area contributed by atoms with Crippen LogP contribution in [0.1, 0.15) is 18.4 Å². The van der Waals surface area contributed by atoms with Gasteiger partial charge >= 0.3 is 5.69 Å². The summed E-state index contributed by atoms with van der Waals surface area (Å²) in [5, 5.41) is 0. The van der Waals surface area contributed by atoms with E-state index in [1.165, 1.54) is 23.6 Å². The third-order valence-corrected chi connectivity index (χ3v) is 2.47. The van der Waals surface area contributed by atoms with Crippen molar-refractivity contribution in [2.24, 2.45) is 5.92 Å². The van der Waals surface area contributed by atoms with Crippen molar-refractivity contribution in [1.29, 1.82) is 0 Å². The molecule has 0 saturated heterocycles. The van der Waals surface area contributed by atoms with Crippen molar-refractivity contribution < 1.29 is 4.74 Å². The molecule has 1 fully saturated rings. The van der Waals surface area contributed by atoms with Crippen LogP contribution in [0.15, 0.2) is 15.8 Å². The summed E-state index contributed by atoms with van der Waals surface area (Å²) in [4.78, 5) is 24.6. The number of aromatic amines is 1. The Morgan fingerprint density at radius 2 is 2.27 bits per heavy atom. The highest BCUT2D eigenvalue weighted by molar-refractivity contribution is 5.00. The van der Waals surface area contributed by atoms with E-state index < -0.39 is 5.69 Å². The van der Waals surface area contributed by atoms with Gasteiger partial charge in [-0.05, 0) is 25.7 Å². The van der Waals surface area contributed by atoms with Gasteiger partial charge in [0, 0.05) is 11.8 Å². The van der Waals surface area contributed by atoms with Crippen molar-refractivity contribution in [2.45, 2.75) is 26.5 Å². The van der Waals surface area contributed by atoms with Crippen LogP contribution in [0.5, 0.6) is 0 Å². The second-order valence-corrected chi connectivity index (χ2v) is 3.98. The molecule has 15 heavy (non-hydrogen) atoms. The fraction of sp³-hybridized carbons (Fsp3) is 0.600. The van der Waals surface area contributed by atoms with Crippen LogP contribution in [0.3, 0.4) is 0 Å². The summed E-state index contributed by atoms with van der Waals surface area (Å²) >= 11 is 0. The van der Waals surface area contributed by atoms with Gasteiger partial charge in [-0.2, -0.15) is 0 Å². The highest BCUT2D eigenvalue weighted by atomic mass is 16.5. The minimum Gasteiger partial charge on any atom is -0.360 e. The number of hydrogen-bond acceptors (Lipinski definition) is 3. The second kappa shape index (κ2) is 4.02. The van der Waals surface area contributed by atoms with E-state index >= 15 is 0 Å². The number of aryl methyl sites for hydroxylation is 1. The van der Waals surface area contributed by atoms with Gasteiger partial charge in [0.15, 0.2) is 0 Å². The summed E-state index contributed by atoms with van der Waals surface area (Å²) in [6, 6.07) is 0. The number of H-pyrrole nitrogens is 1. The lowest BCUT2D eigenvalue weighted by Crippen LogP contribution is -2.31. The molecule has 0 atom stereocenters. The molecule has 0 aliphatic heterocycles. The van der Waals surface area contributed by atoms with Gasteiger partial charge in [-0.15, -0.1) is 0 Å². The van der Waals surface area contributed by atoms with Gasteiger partial charge in [0.25, 0.3) is 5.56 Å². The Kier molecular flexibility index (Phi) is 2.73. The smallest absolute Gasteiger partial charge is 0.330 e. The van der Waals surface area contributed by atoms with E-state index in [9.17, 15) is 9.59 Å². The maximum absolute atomic E-state index is 11.3. The van der Waals surface area contributed by atoms with Crippen molar-refractivity contribution >= 4 is 0 Å². The average Bonchev–Trinajstić information content (AvgIpc) is 2.97. The Morgan fingerprint density at radius 1 is 1.53 bits per heavy atom. The number of nitrogens with zero attached hydrogens (tertiary/aromatic N) is 1. The number of nitrogens with one attached hydrogen (secondary N) is 1. The summed E-state index contributed by atoms with van der Waals surface area (Å²) in [6.45, 7) is 2.58. The molecule has 1 aromatic rings. The molecule has 0 amide bonds. The Balaban J connectivity index is 2.03. The maximum Gasteiger partial charge on any atom is 0.330 e. The molecule has 0 aromatic carbocycles. The minimum atomic E-state index is -0.415. The van der Waals surface area contributed by atoms with Crippen LogP contribution in [0, 0.1) is 12.8 Å². The van der Waals surface area contributed by atoms with Crippen LogP contribution in [-0.4, -0.2) is 16.2 Å². The number of aromatic nitrogens is 2. The Morgan fingerprint density at radius 3 is 2.93 bits per heavy atom. The zero-order valence-electron chi connectivity index (χ0n) is 8.66. The topological polar surface area (TPSA) is 64.1 Å². The molecule has 0 radical (unpaired) electrons. The molecule has 0 bridgehead atoms. The van der Waals surface area contributed by atoms with Crippen LogP contribution < -0.4 is 11.2 Å². The highest BCUT2D eigenvalue weighted by Gasteiger charge is 2.21. The van der Waals surface area contributed by atoms with Gasteiger partial charge in [0.1, 0.15) is 6.73 Å². The van der Waals surface area contributed by atoms with E-state index in [1.807, 2.05) is 0 Å². The van der Waals surface area contributed by atoms with Gasteiger partial charge in [-0.25, -0.2) is 4.79 Å². The van der Waals surface area contributed by atoms with Crippen molar-refractivity contribution in [3.8, 4) is 0 Å².